The Labute approximate surface area is 121 Å². The molecule has 0 radical (unpaired) electrons. The summed E-state index contributed by atoms with van der Waals surface area (Å²) in [5.74, 6) is 0. The van der Waals surface area contributed by atoms with Crippen LogP contribution in [0.3, 0.4) is 0 Å². The van der Waals surface area contributed by atoms with Gasteiger partial charge < -0.3 is 19.9 Å². The first-order valence-electron chi connectivity index (χ1n) is 7.49. The first kappa shape index (κ1) is 15.4. The summed E-state index contributed by atoms with van der Waals surface area (Å²) >= 11 is 0. The van der Waals surface area contributed by atoms with Gasteiger partial charge in [-0.05, 0) is 30.4 Å². The van der Waals surface area contributed by atoms with E-state index in [1.807, 2.05) is 0 Å². The molecule has 0 saturated carbocycles. The first-order valence-corrected chi connectivity index (χ1v) is 7.49. The van der Waals surface area contributed by atoms with Gasteiger partial charge in [-0.1, -0.05) is 24.3 Å². The fourth-order valence-electron chi connectivity index (χ4n) is 2.69. The summed E-state index contributed by atoms with van der Waals surface area (Å²) in [4.78, 5) is 0. The van der Waals surface area contributed by atoms with Gasteiger partial charge in [0.25, 0.3) is 0 Å². The molecule has 4 heteroatoms. The molecule has 20 heavy (non-hydrogen) atoms. The van der Waals surface area contributed by atoms with E-state index in [9.17, 15) is 5.11 Å². The molecular formula is C16H26NO3+. The molecule has 112 valence electrons. The van der Waals surface area contributed by atoms with Crippen LogP contribution < -0.4 is 5.32 Å². The first-order chi connectivity index (χ1) is 9.81. The molecule has 0 amide bonds. The summed E-state index contributed by atoms with van der Waals surface area (Å²) in [5, 5.41) is 12.0. The normalized spacial score (nSPS) is 19.6. The molecule has 1 aromatic carbocycles. The van der Waals surface area contributed by atoms with E-state index in [-0.39, 0.29) is 6.10 Å². The summed E-state index contributed by atoms with van der Waals surface area (Å²) in [6.07, 6.45) is 3.09. The molecule has 0 aliphatic heterocycles. The van der Waals surface area contributed by atoms with Crippen molar-refractivity contribution in [2.75, 3.05) is 33.4 Å². The van der Waals surface area contributed by atoms with E-state index in [1.54, 1.807) is 7.11 Å². The SMILES string of the molecule is COCC[NH2+]C[C@H](O)CO[C@H]1CCCc2ccccc21. The van der Waals surface area contributed by atoms with Crippen molar-refractivity contribution in [1.82, 2.24) is 0 Å². The zero-order chi connectivity index (χ0) is 14.2. The molecule has 0 bridgehead atoms. The molecule has 0 aromatic heterocycles. The average molecular weight is 280 g/mol. The fourth-order valence-corrected chi connectivity index (χ4v) is 2.69. The number of hydrogen-bond acceptors (Lipinski definition) is 3. The number of hydrogen-bond donors (Lipinski definition) is 2. The zero-order valence-electron chi connectivity index (χ0n) is 12.3. The maximum atomic E-state index is 9.93. The molecular weight excluding hydrogens is 254 g/mol. The summed E-state index contributed by atoms with van der Waals surface area (Å²) in [6.45, 7) is 2.66. The number of aryl methyl sites for hydroxylation is 1. The van der Waals surface area contributed by atoms with E-state index in [0.717, 1.165) is 25.8 Å². The van der Waals surface area contributed by atoms with Crippen molar-refractivity contribution >= 4 is 0 Å². The molecule has 1 aliphatic rings. The number of fused-ring (bicyclic) bond motifs is 1. The second-order valence-corrected chi connectivity index (χ2v) is 5.37. The second-order valence-electron chi connectivity index (χ2n) is 5.37. The second kappa shape index (κ2) is 8.37. The van der Waals surface area contributed by atoms with Crippen molar-refractivity contribution in [1.29, 1.82) is 0 Å². The summed E-state index contributed by atoms with van der Waals surface area (Å²) in [5.41, 5.74) is 2.69. The van der Waals surface area contributed by atoms with Gasteiger partial charge in [0.2, 0.25) is 0 Å². The smallest absolute Gasteiger partial charge is 0.126 e. The lowest BCUT2D eigenvalue weighted by Crippen LogP contribution is -2.87. The Balaban J connectivity index is 1.74. The van der Waals surface area contributed by atoms with Gasteiger partial charge in [-0.15, -0.1) is 0 Å². The topological polar surface area (TPSA) is 55.3 Å². The van der Waals surface area contributed by atoms with Gasteiger partial charge in [0.1, 0.15) is 12.6 Å². The van der Waals surface area contributed by atoms with Gasteiger partial charge in [0.05, 0.1) is 25.9 Å². The molecule has 1 aromatic rings. The molecule has 0 unspecified atom stereocenters. The Kier molecular flexibility index (Phi) is 6.47. The van der Waals surface area contributed by atoms with Crippen LogP contribution in [-0.2, 0) is 15.9 Å². The number of aliphatic hydroxyl groups is 1. The lowest BCUT2D eigenvalue weighted by molar-refractivity contribution is -0.662. The quantitative estimate of drug-likeness (QED) is 0.688. The zero-order valence-corrected chi connectivity index (χ0v) is 12.3. The fraction of sp³-hybridized carbons (Fsp3) is 0.625. The van der Waals surface area contributed by atoms with Crippen molar-refractivity contribution in [3.8, 4) is 0 Å². The summed E-state index contributed by atoms with van der Waals surface area (Å²) < 4.78 is 10.9. The number of ether oxygens (including phenoxy) is 2. The molecule has 2 atom stereocenters. The van der Waals surface area contributed by atoms with Crippen LogP contribution >= 0.6 is 0 Å². The molecule has 0 saturated heterocycles. The molecule has 0 spiro atoms. The highest BCUT2D eigenvalue weighted by Crippen LogP contribution is 2.32. The van der Waals surface area contributed by atoms with E-state index in [4.69, 9.17) is 9.47 Å². The lowest BCUT2D eigenvalue weighted by Gasteiger charge is -2.26. The predicted molar refractivity (Wildman–Crippen MR) is 77.6 cm³/mol. The van der Waals surface area contributed by atoms with Gasteiger partial charge in [-0.2, -0.15) is 0 Å². The van der Waals surface area contributed by atoms with Gasteiger partial charge in [0, 0.05) is 7.11 Å². The van der Waals surface area contributed by atoms with Crippen molar-refractivity contribution in [3.05, 3.63) is 35.4 Å². The number of quaternary nitrogens is 1. The predicted octanol–water partition coefficient (Wildman–Crippen LogP) is 0.651. The van der Waals surface area contributed by atoms with Crippen LogP contribution in [0.2, 0.25) is 0 Å². The molecule has 0 fully saturated rings. The molecule has 2 rings (SSSR count). The van der Waals surface area contributed by atoms with Gasteiger partial charge in [-0.3, -0.25) is 0 Å². The third-order valence-electron chi connectivity index (χ3n) is 3.77. The van der Waals surface area contributed by atoms with Crippen LogP contribution in [0.15, 0.2) is 24.3 Å². The van der Waals surface area contributed by atoms with Crippen LogP contribution in [-0.4, -0.2) is 44.6 Å². The molecule has 3 N–H and O–H groups in total. The minimum atomic E-state index is -0.416. The monoisotopic (exact) mass is 280 g/mol. The Hall–Kier alpha value is -0.940. The van der Waals surface area contributed by atoms with Gasteiger partial charge in [0.15, 0.2) is 0 Å². The number of benzene rings is 1. The van der Waals surface area contributed by atoms with Crippen molar-refractivity contribution in [2.45, 2.75) is 31.5 Å². The highest BCUT2D eigenvalue weighted by Gasteiger charge is 2.21. The van der Waals surface area contributed by atoms with E-state index in [1.165, 1.54) is 11.1 Å². The van der Waals surface area contributed by atoms with Crippen LogP contribution in [0.25, 0.3) is 0 Å². The highest BCUT2D eigenvalue weighted by molar-refractivity contribution is 5.31. The minimum Gasteiger partial charge on any atom is -0.385 e. The Morgan fingerprint density at radius 3 is 3.10 bits per heavy atom. The Morgan fingerprint density at radius 2 is 2.25 bits per heavy atom. The summed E-state index contributed by atoms with van der Waals surface area (Å²) in [7, 11) is 1.69. The van der Waals surface area contributed by atoms with E-state index < -0.39 is 6.10 Å². The van der Waals surface area contributed by atoms with E-state index >= 15 is 0 Å². The Bertz CT molecular complexity index is 397. The maximum Gasteiger partial charge on any atom is 0.126 e. The molecule has 4 nitrogen and oxygen atoms in total. The number of rotatable bonds is 8. The van der Waals surface area contributed by atoms with Crippen LogP contribution in [0.1, 0.15) is 30.1 Å². The summed E-state index contributed by atoms with van der Waals surface area (Å²) in [6, 6.07) is 8.48. The number of aliphatic hydroxyl groups excluding tert-OH is 1. The van der Waals surface area contributed by atoms with Crippen LogP contribution in [0, 0.1) is 0 Å². The third kappa shape index (κ3) is 4.56. The van der Waals surface area contributed by atoms with E-state index in [2.05, 4.69) is 29.6 Å². The third-order valence-corrected chi connectivity index (χ3v) is 3.77. The molecule has 1 aliphatic carbocycles. The van der Waals surface area contributed by atoms with Crippen LogP contribution in [0.5, 0.6) is 0 Å². The highest BCUT2D eigenvalue weighted by atomic mass is 16.5. The van der Waals surface area contributed by atoms with Gasteiger partial charge in [-0.25, -0.2) is 0 Å². The largest absolute Gasteiger partial charge is 0.385 e. The number of methoxy groups -OCH3 is 1. The van der Waals surface area contributed by atoms with Crippen molar-refractivity contribution in [3.63, 3.8) is 0 Å². The van der Waals surface area contributed by atoms with Gasteiger partial charge >= 0.3 is 0 Å². The maximum absolute atomic E-state index is 9.93. The van der Waals surface area contributed by atoms with Crippen LogP contribution in [0.4, 0.5) is 0 Å². The van der Waals surface area contributed by atoms with Crippen molar-refractivity contribution < 1.29 is 19.9 Å². The van der Waals surface area contributed by atoms with E-state index in [0.29, 0.717) is 19.8 Å². The van der Waals surface area contributed by atoms with Crippen molar-refractivity contribution in [2.24, 2.45) is 0 Å². The standard InChI is InChI=1S/C16H25NO3/c1-19-10-9-17-11-14(18)12-20-16-8-4-6-13-5-2-3-7-15(13)16/h2-3,5,7,14,16-18H,4,6,8-12H2,1H3/p+1/t14-,16-/m0/s1. The molecule has 0 heterocycles. The lowest BCUT2D eigenvalue weighted by atomic mass is 9.89. The average Bonchev–Trinajstić information content (AvgIpc) is 2.49. The minimum absolute atomic E-state index is 0.147. The Morgan fingerprint density at radius 1 is 1.40 bits per heavy atom. The number of nitrogens with two attached hydrogens (primary N) is 1.